The zero-order chi connectivity index (χ0) is 15.4. The molecule has 114 valence electrons. The summed E-state index contributed by atoms with van der Waals surface area (Å²) in [5.41, 5.74) is 1.74. The number of rotatable bonds is 4. The third-order valence-electron chi connectivity index (χ3n) is 3.35. The molecule has 1 aliphatic heterocycles. The van der Waals surface area contributed by atoms with Crippen molar-refractivity contribution in [3.63, 3.8) is 0 Å². The van der Waals surface area contributed by atoms with Gasteiger partial charge >= 0.3 is 0 Å². The van der Waals surface area contributed by atoms with E-state index in [1.807, 2.05) is 29.6 Å². The van der Waals surface area contributed by atoms with Crippen LogP contribution in [0.4, 0.5) is 5.69 Å². The molecule has 6 heteroatoms. The normalized spacial score (nSPS) is 13.5. The first-order valence-electron chi connectivity index (χ1n) is 7.09. The molecule has 1 aromatic carbocycles. The lowest BCUT2D eigenvalue weighted by atomic mass is 10.1. The lowest BCUT2D eigenvalue weighted by molar-refractivity contribution is -0.116. The van der Waals surface area contributed by atoms with Crippen molar-refractivity contribution < 1.29 is 14.3 Å². The van der Waals surface area contributed by atoms with Crippen molar-refractivity contribution in [1.82, 2.24) is 5.32 Å². The Morgan fingerprint density at radius 3 is 3.09 bits per heavy atom. The Morgan fingerprint density at radius 2 is 2.27 bits per heavy atom. The minimum atomic E-state index is -0.0543. The fourth-order valence-electron chi connectivity index (χ4n) is 2.24. The number of amides is 2. The van der Waals surface area contributed by atoms with Crippen LogP contribution in [0.3, 0.4) is 0 Å². The number of carbonyl (C=O) groups is 2. The van der Waals surface area contributed by atoms with Crippen LogP contribution >= 0.6 is 11.3 Å². The zero-order valence-electron chi connectivity index (χ0n) is 11.9. The maximum Gasteiger partial charge on any atom is 0.261 e. The molecule has 2 N–H and O–H groups in total. The van der Waals surface area contributed by atoms with E-state index in [-0.39, 0.29) is 11.8 Å². The van der Waals surface area contributed by atoms with Crippen molar-refractivity contribution in [3.05, 3.63) is 46.2 Å². The minimum Gasteiger partial charge on any atom is -0.491 e. The summed E-state index contributed by atoms with van der Waals surface area (Å²) in [5, 5.41) is 7.60. The summed E-state index contributed by atoms with van der Waals surface area (Å²) in [6.07, 6.45) is 1.06. The van der Waals surface area contributed by atoms with Gasteiger partial charge in [0.1, 0.15) is 5.75 Å². The van der Waals surface area contributed by atoms with E-state index in [9.17, 15) is 9.59 Å². The molecule has 22 heavy (non-hydrogen) atoms. The van der Waals surface area contributed by atoms with E-state index >= 15 is 0 Å². The van der Waals surface area contributed by atoms with Crippen molar-refractivity contribution in [1.29, 1.82) is 0 Å². The first-order chi connectivity index (χ1) is 10.7. The first kappa shape index (κ1) is 14.6. The molecule has 0 fully saturated rings. The fourth-order valence-corrected chi connectivity index (χ4v) is 2.88. The van der Waals surface area contributed by atoms with Crippen molar-refractivity contribution >= 4 is 28.8 Å². The van der Waals surface area contributed by atoms with Crippen LogP contribution in [0.1, 0.15) is 21.7 Å². The molecule has 3 rings (SSSR count). The van der Waals surface area contributed by atoms with E-state index in [2.05, 4.69) is 10.6 Å². The molecular weight excluding hydrogens is 300 g/mol. The second-order valence-electron chi connectivity index (χ2n) is 4.96. The van der Waals surface area contributed by atoms with E-state index in [0.29, 0.717) is 42.3 Å². The minimum absolute atomic E-state index is 0.0399. The molecule has 0 atom stereocenters. The summed E-state index contributed by atoms with van der Waals surface area (Å²) in [4.78, 5) is 24.1. The van der Waals surface area contributed by atoms with Crippen molar-refractivity contribution in [2.75, 3.05) is 18.5 Å². The largest absolute Gasteiger partial charge is 0.491 e. The number of hydrogen-bond acceptors (Lipinski definition) is 4. The number of nitrogens with one attached hydrogen (secondary N) is 2. The summed E-state index contributed by atoms with van der Waals surface area (Å²) in [5.74, 6) is 0.598. The number of fused-ring (bicyclic) bond motifs is 1. The number of benzene rings is 1. The fraction of sp³-hybridized carbons (Fsp3) is 0.250. The molecule has 0 saturated heterocycles. The summed E-state index contributed by atoms with van der Waals surface area (Å²) >= 11 is 1.42. The van der Waals surface area contributed by atoms with Crippen LogP contribution in [0.2, 0.25) is 0 Å². The SMILES string of the molecule is O=C1CCOc2ccc(CCNC(=O)c3cccs3)cc2N1. The van der Waals surface area contributed by atoms with Crippen LogP contribution in [-0.4, -0.2) is 25.0 Å². The van der Waals surface area contributed by atoms with E-state index in [0.717, 1.165) is 5.56 Å². The van der Waals surface area contributed by atoms with Gasteiger partial charge in [0.05, 0.1) is 23.6 Å². The quantitative estimate of drug-likeness (QED) is 0.910. The molecular formula is C16H16N2O3S. The number of ether oxygens (including phenoxy) is 1. The number of carbonyl (C=O) groups excluding carboxylic acids is 2. The first-order valence-corrected chi connectivity index (χ1v) is 7.97. The van der Waals surface area contributed by atoms with Crippen molar-refractivity contribution in [2.45, 2.75) is 12.8 Å². The summed E-state index contributed by atoms with van der Waals surface area (Å²) in [6.45, 7) is 0.944. The highest BCUT2D eigenvalue weighted by Crippen LogP contribution is 2.28. The molecule has 0 bridgehead atoms. The van der Waals surface area contributed by atoms with Crippen molar-refractivity contribution in [2.24, 2.45) is 0 Å². The van der Waals surface area contributed by atoms with Crippen molar-refractivity contribution in [3.8, 4) is 5.75 Å². The molecule has 0 unspecified atom stereocenters. The van der Waals surface area contributed by atoms with Crippen LogP contribution in [0.15, 0.2) is 35.7 Å². The Kier molecular flexibility index (Phi) is 4.39. The van der Waals surface area contributed by atoms with Crippen LogP contribution in [0.25, 0.3) is 0 Å². The third-order valence-corrected chi connectivity index (χ3v) is 4.22. The van der Waals surface area contributed by atoms with Gasteiger partial charge in [0.15, 0.2) is 0 Å². The summed E-state index contributed by atoms with van der Waals surface area (Å²) in [6, 6.07) is 9.37. The Morgan fingerprint density at radius 1 is 1.36 bits per heavy atom. The molecule has 2 heterocycles. The van der Waals surface area contributed by atoms with E-state index in [4.69, 9.17) is 4.74 Å². The monoisotopic (exact) mass is 316 g/mol. The van der Waals surface area contributed by atoms with Gasteiger partial charge < -0.3 is 15.4 Å². The number of thiophene rings is 1. The molecule has 5 nitrogen and oxygen atoms in total. The summed E-state index contributed by atoms with van der Waals surface area (Å²) in [7, 11) is 0. The van der Waals surface area contributed by atoms with Crippen LogP contribution in [0, 0.1) is 0 Å². The number of hydrogen-bond donors (Lipinski definition) is 2. The predicted octanol–water partition coefficient (Wildman–Crippen LogP) is 2.44. The highest BCUT2D eigenvalue weighted by molar-refractivity contribution is 7.12. The Balaban J connectivity index is 1.59. The summed E-state index contributed by atoms with van der Waals surface area (Å²) < 4.78 is 5.51. The average Bonchev–Trinajstić information content (AvgIpc) is 2.97. The van der Waals surface area contributed by atoms with Crippen LogP contribution < -0.4 is 15.4 Å². The second kappa shape index (κ2) is 6.62. The molecule has 1 aliphatic rings. The van der Waals surface area contributed by atoms with Crippen LogP contribution in [0.5, 0.6) is 5.75 Å². The van der Waals surface area contributed by atoms with Gasteiger partial charge in [-0.05, 0) is 35.6 Å². The smallest absolute Gasteiger partial charge is 0.261 e. The van der Waals surface area contributed by atoms with Gasteiger partial charge in [-0.3, -0.25) is 9.59 Å². The van der Waals surface area contributed by atoms with Gasteiger partial charge in [-0.25, -0.2) is 0 Å². The molecule has 0 spiro atoms. The van der Waals surface area contributed by atoms with Gasteiger partial charge in [-0.15, -0.1) is 11.3 Å². The lowest BCUT2D eigenvalue weighted by Gasteiger charge is -2.10. The van der Waals surface area contributed by atoms with E-state index in [1.165, 1.54) is 11.3 Å². The van der Waals surface area contributed by atoms with Crippen LogP contribution in [-0.2, 0) is 11.2 Å². The highest BCUT2D eigenvalue weighted by atomic mass is 32.1. The Bertz CT molecular complexity index is 683. The molecule has 1 aromatic heterocycles. The average molecular weight is 316 g/mol. The highest BCUT2D eigenvalue weighted by Gasteiger charge is 2.14. The molecule has 2 amide bonds. The maximum atomic E-state index is 11.8. The molecule has 0 saturated carbocycles. The third kappa shape index (κ3) is 3.46. The Hall–Kier alpha value is -2.34. The lowest BCUT2D eigenvalue weighted by Crippen LogP contribution is -2.24. The second-order valence-corrected chi connectivity index (χ2v) is 5.91. The van der Waals surface area contributed by atoms with Gasteiger partial charge in [-0.2, -0.15) is 0 Å². The predicted molar refractivity (Wildman–Crippen MR) is 85.5 cm³/mol. The van der Waals surface area contributed by atoms with Gasteiger partial charge in [0, 0.05) is 6.54 Å². The Labute approximate surface area is 132 Å². The zero-order valence-corrected chi connectivity index (χ0v) is 12.7. The number of anilines is 1. The topological polar surface area (TPSA) is 67.4 Å². The van der Waals surface area contributed by atoms with Gasteiger partial charge in [0.25, 0.3) is 5.91 Å². The molecule has 0 radical (unpaired) electrons. The molecule has 2 aromatic rings. The molecule has 0 aliphatic carbocycles. The van der Waals surface area contributed by atoms with E-state index < -0.39 is 0 Å². The maximum absolute atomic E-state index is 11.8. The van der Waals surface area contributed by atoms with E-state index in [1.54, 1.807) is 6.07 Å². The van der Waals surface area contributed by atoms with Gasteiger partial charge in [-0.1, -0.05) is 12.1 Å². The standard InChI is InChI=1S/C16H16N2O3S/c19-15-6-8-21-13-4-3-11(10-12(13)18-15)5-7-17-16(20)14-2-1-9-22-14/h1-4,9-10H,5-8H2,(H,17,20)(H,18,19). The van der Waals surface area contributed by atoms with Gasteiger partial charge in [0.2, 0.25) is 5.91 Å².